The molecule has 3 heteroatoms. The van der Waals surface area contributed by atoms with Gasteiger partial charge in [0, 0.05) is 19.6 Å². The highest BCUT2D eigenvalue weighted by molar-refractivity contribution is 4.95. The Hall–Kier alpha value is -0.120. The van der Waals surface area contributed by atoms with Gasteiger partial charge in [0.05, 0.1) is 12.2 Å². The van der Waals surface area contributed by atoms with Gasteiger partial charge in [-0.2, -0.15) is 0 Å². The van der Waals surface area contributed by atoms with E-state index >= 15 is 0 Å². The van der Waals surface area contributed by atoms with Crippen molar-refractivity contribution in [2.45, 2.75) is 63.9 Å². The summed E-state index contributed by atoms with van der Waals surface area (Å²) in [7, 11) is 0. The molecule has 5 atom stereocenters. The van der Waals surface area contributed by atoms with Crippen LogP contribution in [0.3, 0.4) is 0 Å². The molecule has 0 aromatic heterocycles. The minimum Gasteiger partial charge on any atom is -0.378 e. The molecule has 1 saturated carbocycles. The van der Waals surface area contributed by atoms with Crippen LogP contribution < -0.4 is 5.73 Å². The molecule has 0 radical (unpaired) electrons. The third-order valence-corrected chi connectivity index (χ3v) is 6.36. The van der Waals surface area contributed by atoms with E-state index in [0.717, 1.165) is 56.5 Å². The zero-order valence-corrected chi connectivity index (χ0v) is 13.7. The molecule has 3 aliphatic rings. The van der Waals surface area contributed by atoms with Crippen molar-refractivity contribution >= 4 is 0 Å². The summed E-state index contributed by atoms with van der Waals surface area (Å²) in [5.74, 6) is 3.34. The number of nitrogens with two attached hydrogens (primary N) is 1. The first-order valence-electron chi connectivity index (χ1n) is 9.18. The second-order valence-electron chi connectivity index (χ2n) is 7.71. The number of hydrogen-bond donors (Lipinski definition) is 1. The minimum absolute atomic E-state index is 0.0553. The molecule has 3 nitrogen and oxygen atoms in total. The average Bonchev–Trinajstić information content (AvgIpc) is 2.95. The largest absolute Gasteiger partial charge is 0.378 e. The van der Waals surface area contributed by atoms with E-state index in [0.29, 0.717) is 0 Å². The van der Waals surface area contributed by atoms with Crippen LogP contribution in [0.2, 0.25) is 0 Å². The Balaban J connectivity index is 1.66. The second kappa shape index (κ2) is 6.97. The smallest absolute Gasteiger partial charge is 0.0939 e. The van der Waals surface area contributed by atoms with Gasteiger partial charge in [0.1, 0.15) is 0 Å². The molecule has 122 valence electrons. The van der Waals surface area contributed by atoms with E-state index in [4.69, 9.17) is 15.2 Å². The molecule has 1 aliphatic carbocycles. The van der Waals surface area contributed by atoms with Gasteiger partial charge in [0.25, 0.3) is 0 Å². The Kier molecular flexibility index (Phi) is 5.23. The van der Waals surface area contributed by atoms with E-state index in [1.807, 2.05) is 0 Å². The van der Waals surface area contributed by atoms with Crippen LogP contribution in [-0.2, 0) is 9.47 Å². The summed E-state index contributed by atoms with van der Waals surface area (Å²) in [5.41, 5.74) is 6.16. The summed E-state index contributed by atoms with van der Waals surface area (Å²) in [6, 6.07) is 0. The van der Waals surface area contributed by atoms with Crippen molar-refractivity contribution in [2.75, 3.05) is 26.4 Å². The molecular formula is C18H33NO2. The Bertz CT molecular complexity index is 327. The van der Waals surface area contributed by atoms with Crippen molar-refractivity contribution in [2.24, 2.45) is 29.4 Å². The summed E-state index contributed by atoms with van der Waals surface area (Å²) < 4.78 is 11.8. The Morgan fingerprint density at radius 1 is 1.19 bits per heavy atom. The van der Waals surface area contributed by atoms with E-state index in [2.05, 4.69) is 6.92 Å². The van der Waals surface area contributed by atoms with Crippen molar-refractivity contribution in [1.82, 2.24) is 0 Å². The average molecular weight is 295 g/mol. The van der Waals surface area contributed by atoms with Crippen molar-refractivity contribution in [3.63, 3.8) is 0 Å². The van der Waals surface area contributed by atoms with Crippen LogP contribution in [0.1, 0.15) is 58.3 Å². The molecule has 0 aromatic rings. The standard InChI is InChI=1S/C18H33NO2/c1-2-3-14-4-5-16(12-19)17(10-14)15-6-8-21-18(11-15)7-9-20-13-18/h14-17H,2-13,19H2,1H3. The van der Waals surface area contributed by atoms with Gasteiger partial charge in [-0.1, -0.05) is 26.2 Å². The van der Waals surface area contributed by atoms with Crippen LogP contribution in [0.25, 0.3) is 0 Å². The topological polar surface area (TPSA) is 44.5 Å². The molecule has 0 bridgehead atoms. The molecule has 3 fully saturated rings. The highest BCUT2D eigenvalue weighted by atomic mass is 16.6. The van der Waals surface area contributed by atoms with Gasteiger partial charge in [0.15, 0.2) is 0 Å². The van der Waals surface area contributed by atoms with Gasteiger partial charge in [-0.15, -0.1) is 0 Å². The van der Waals surface area contributed by atoms with E-state index in [9.17, 15) is 0 Å². The number of ether oxygens (including phenoxy) is 2. The maximum Gasteiger partial charge on any atom is 0.0939 e. The monoisotopic (exact) mass is 295 g/mol. The third kappa shape index (κ3) is 3.46. The predicted molar refractivity (Wildman–Crippen MR) is 85.1 cm³/mol. The minimum atomic E-state index is 0.0553. The van der Waals surface area contributed by atoms with Crippen molar-refractivity contribution < 1.29 is 9.47 Å². The van der Waals surface area contributed by atoms with E-state index in [1.54, 1.807) is 0 Å². The van der Waals surface area contributed by atoms with Gasteiger partial charge in [0.2, 0.25) is 0 Å². The molecule has 5 unspecified atom stereocenters. The maximum atomic E-state index is 6.13. The lowest BCUT2D eigenvalue weighted by molar-refractivity contribution is -0.114. The van der Waals surface area contributed by atoms with E-state index in [1.165, 1.54) is 44.9 Å². The Labute approximate surface area is 129 Å². The lowest BCUT2D eigenvalue weighted by Crippen LogP contribution is -2.45. The summed E-state index contributed by atoms with van der Waals surface area (Å²) in [5, 5.41) is 0. The fourth-order valence-electron chi connectivity index (χ4n) is 5.19. The molecule has 0 amide bonds. The van der Waals surface area contributed by atoms with Gasteiger partial charge in [-0.05, 0) is 55.9 Å². The molecule has 2 saturated heterocycles. The lowest BCUT2D eigenvalue weighted by Gasteiger charge is -2.46. The molecular weight excluding hydrogens is 262 g/mol. The zero-order valence-electron chi connectivity index (χ0n) is 13.7. The second-order valence-corrected chi connectivity index (χ2v) is 7.71. The first-order valence-corrected chi connectivity index (χ1v) is 9.18. The van der Waals surface area contributed by atoms with Crippen LogP contribution in [0.4, 0.5) is 0 Å². The number of rotatable bonds is 4. The summed E-state index contributed by atoms with van der Waals surface area (Å²) in [6.07, 6.45) is 10.5. The molecule has 3 rings (SSSR count). The third-order valence-electron chi connectivity index (χ3n) is 6.36. The summed E-state index contributed by atoms with van der Waals surface area (Å²) in [6.45, 7) is 5.84. The van der Waals surface area contributed by atoms with Gasteiger partial charge in [-0.25, -0.2) is 0 Å². The highest BCUT2D eigenvalue weighted by Gasteiger charge is 2.45. The van der Waals surface area contributed by atoms with Crippen LogP contribution in [0, 0.1) is 23.7 Å². The maximum absolute atomic E-state index is 6.13. The van der Waals surface area contributed by atoms with Crippen molar-refractivity contribution in [3.05, 3.63) is 0 Å². The SMILES string of the molecule is CCCC1CCC(CN)C(C2CCOC3(CCOC3)C2)C1. The normalized spacial score (nSPS) is 44.3. The van der Waals surface area contributed by atoms with Gasteiger partial charge >= 0.3 is 0 Å². The van der Waals surface area contributed by atoms with E-state index < -0.39 is 0 Å². The molecule has 1 spiro atoms. The zero-order chi connectivity index (χ0) is 14.7. The first-order chi connectivity index (χ1) is 10.3. The quantitative estimate of drug-likeness (QED) is 0.865. The first kappa shape index (κ1) is 15.8. The lowest BCUT2D eigenvalue weighted by atomic mass is 9.64. The van der Waals surface area contributed by atoms with Crippen LogP contribution in [0.15, 0.2) is 0 Å². The number of hydrogen-bond acceptors (Lipinski definition) is 3. The highest BCUT2D eigenvalue weighted by Crippen LogP contribution is 2.46. The van der Waals surface area contributed by atoms with E-state index in [-0.39, 0.29) is 5.60 Å². The van der Waals surface area contributed by atoms with Gasteiger partial charge in [-0.3, -0.25) is 0 Å². The van der Waals surface area contributed by atoms with Crippen molar-refractivity contribution in [3.8, 4) is 0 Å². The fourth-order valence-corrected chi connectivity index (χ4v) is 5.19. The Morgan fingerprint density at radius 2 is 2.10 bits per heavy atom. The summed E-state index contributed by atoms with van der Waals surface area (Å²) >= 11 is 0. The van der Waals surface area contributed by atoms with Crippen LogP contribution in [-0.4, -0.2) is 32.0 Å². The molecule has 21 heavy (non-hydrogen) atoms. The molecule has 0 aromatic carbocycles. The summed E-state index contributed by atoms with van der Waals surface area (Å²) in [4.78, 5) is 0. The molecule has 2 N–H and O–H groups in total. The molecule has 2 heterocycles. The Morgan fingerprint density at radius 3 is 2.81 bits per heavy atom. The molecule has 2 aliphatic heterocycles. The van der Waals surface area contributed by atoms with Crippen LogP contribution in [0.5, 0.6) is 0 Å². The predicted octanol–water partition coefficient (Wildman–Crippen LogP) is 3.36. The van der Waals surface area contributed by atoms with Crippen LogP contribution >= 0.6 is 0 Å². The van der Waals surface area contributed by atoms with Crippen molar-refractivity contribution in [1.29, 1.82) is 0 Å². The van der Waals surface area contributed by atoms with Gasteiger partial charge < -0.3 is 15.2 Å². The fraction of sp³-hybridized carbons (Fsp3) is 1.00.